The molecular weight excluding hydrogens is 316 g/mol. The first kappa shape index (κ1) is 14.1. The normalized spacial score (nSPS) is 23.0. The molecule has 1 fully saturated rings. The van der Waals surface area contributed by atoms with Gasteiger partial charge >= 0.3 is 0 Å². The van der Waals surface area contributed by atoms with Crippen molar-refractivity contribution >= 4 is 21.8 Å². The van der Waals surface area contributed by atoms with Gasteiger partial charge in [-0.2, -0.15) is 0 Å². The van der Waals surface area contributed by atoms with Crippen molar-refractivity contribution in [3.05, 3.63) is 33.8 Å². The van der Waals surface area contributed by atoms with E-state index >= 15 is 0 Å². The van der Waals surface area contributed by atoms with Gasteiger partial charge in [0.15, 0.2) is 0 Å². The van der Waals surface area contributed by atoms with E-state index in [1.165, 1.54) is 11.1 Å². The molecule has 4 heteroatoms. The molecule has 1 aromatic rings. The summed E-state index contributed by atoms with van der Waals surface area (Å²) in [5, 5.41) is 6.55. The first-order chi connectivity index (χ1) is 9.61. The summed E-state index contributed by atoms with van der Waals surface area (Å²) in [5.74, 6) is 0.147. The lowest BCUT2D eigenvalue weighted by molar-refractivity contribution is -0.123. The summed E-state index contributed by atoms with van der Waals surface area (Å²) in [6.45, 7) is 1.97. The Bertz CT molecular complexity index is 513. The van der Waals surface area contributed by atoms with Gasteiger partial charge in [0, 0.05) is 16.6 Å². The van der Waals surface area contributed by atoms with Crippen LogP contribution in [0.4, 0.5) is 0 Å². The number of benzene rings is 1. The molecule has 0 aromatic heterocycles. The Hall–Kier alpha value is -0.870. The largest absolute Gasteiger partial charge is 0.352 e. The molecule has 0 saturated heterocycles. The maximum absolute atomic E-state index is 12.0. The van der Waals surface area contributed by atoms with Gasteiger partial charge in [0.1, 0.15) is 0 Å². The fourth-order valence-corrected chi connectivity index (χ4v) is 3.26. The van der Waals surface area contributed by atoms with Crippen molar-refractivity contribution in [1.29, 1.82) is 0 Å². The topological polar surface area (TPSA) is 41.1 Å². The second-order valence-corrected chi connectivity index (χ2v) is 6.94. The molecule has 1 aromatic carbocycles. The molecule has 20 heavy (non-hydrogen) atoms. The lowest BCUT2D eigenvalue weighted by Gasteiger charge is -2.28. The van der Waals surface area contributed by atoms with E-state index in [-0.39, 0.29) is 11.9 Å². The van der Waals surface area contributed by atoms with E-state index in [4.69, 9.17) is 0 Å². The zero-order valence-corrected chi connectivity index (χ0v) is 13.4. The molecule has 0 radical (unpaired) electrons. The van der Waals surface area contributed by atoms with Gasteiger partial charge in [0.25, 0.3) is 0 Å². The molecule has 0 bridgehead atoms. The Morgan fingerprint density at radius 1 is 1.25 bits per heavy atom. The molecule has 2 aliphatic carbocycles. The highest BCUT2D eigenvalue weighted by molar-refractivity contribution is 9.10. The number of rotatable bonds is 4. The van der Waals surface area contributed by atoms with Gasteiger partial charge in [0.2, 0.25) is 5.91 Å². The summed E-state index contributed by atoms with van der Waals surface area (Å²) in [6, 6.07) is 7.26. The highest BCUT2D eigenvalue weighted by Gasteiger charge is 2.27. The number of aryl methyl sites for hydroxylation is 1. The molecule has 108 valence electrons. The maximum Gasteiger partial charge on any atom is 0.237 e. The van der Waals surface area contributed by atoms with Crippen molar-refractivity contribution in [2.45, 2.75) is 57.2 Å². The van der Waals surface area contributed by atoms with Crippen LogP contribution in [-0.2, 0) is 17.6 Å². The summed E-state index contributed by atoms with van der Waals surface area (Å²) in [5.41, 5.74) is 2.85. The quantitative estimate of drug-likeness (QED) is 0.887. The summed E-state index contributed by atoms with van der Waals surface area (Å²) in [7, 11) is 0. The zero-order chi connectivity index (χ0) is 14.1. The van der Waals surface area contributed by atoms with Crippen LogP contribution in [0.15, 0.2) is 22.7 Å². The molecule has 3 rings (SSSR count). The predicted molar refractivity (Wildman–Crippen MR) is 83.7 cm³/mol. The van der Waals surface area contributed by atoms with Crippen molar-refractivity contribution in [3.8, 4) is 0 Å². The minimum absolute atomic E-state index is 0.0994. The molecule has 1 saturated carbocycles. The van der Waals surface area contributed by atoms with E-state index in [0.717, 1.165) is 36.6 Å². The molecule has 0 heterocycles. The second kappa shape index (κ2) is 5.86. The summed E-state index contributed by atoms with van der Waals surface area (Å²) < 4.78 is 1.15. The van der Waals surface area contributed by atoms with Crippen LogP contribution < -0.4 is 10.6 Å². The Balaban J connectivity index is 1.56. The number of fused-ring (bicyclic) bond motifs is 1. The average molecular weight is 337 g/mol. The molecule has 2 N–H and O–H groups in total. The third kappa shape index (κ3) is 3.41. The lowest BCUT2D eigenvalue weighted by atomic mass is 9.88. The first-order valence-corrected chi connectivity index (χ1v) is 8.25. The van der Waals surface area contributed by atoms with Crippen molar-refractivity contribution in [3.63, 3.8) is 0 Å². The maximum atomic E-state index is 12.0. The van der Waals surface area contributed by atoms with Crippen LogP contribution in [-0.4, -0.2) is 24.0 Å². The fraction of sp³-hybridized carbons (Fsp3) is 0.562. The monoisotopic (exact) mass is 336 g/mol. The second-order valence-electron chi connectivity index (χ2n) is 6.02. The van der Waals surface area contributed by atoms with Gasteiger partial charge in [-0.1, -0.05) is 22.0 Å². The SMILES string of the molecule is CC(NC1CCc2cc(Br)ccc2C1)C(=O)NC1CC1. The van der Waals surface area contributed by atoms with Crippen molar-refractivity contribution < 1.29 is 4.79 Å². The minimum atomic E-state index is -0.0994. The van der Waals surface area contributed by atoms with Crippen LogP contribution in [0.5, 0.6) is 0 Å². The van der Waals surface area contributed by atoms with Crippen LogP contribution >= 0.6 is 15.9 Å². The summed E-state index contributed by atoms with van der Waals surface area (Å²) in [6.07, 6.45) is 5.49. The van der Waals surface area contributed by atoms with E-state index in [0.29, 0.717) is 12.1 Å². The van der Waals surface area contributed by atoms with Gasteiger partial charge < -0.3 is 10.6 Å². The van der Waals surface area contributed by atoms with Crippen LogP contribution in [0.3, 0.4) is 0 Å². The third-order valence-corrected chi connectivity index (χ3v) is 4.69. The van der Waals surface area contributed by atoms with E-state index in [1.807, 2.05) is 6.92 Å². The molecule has 0 spiro atoms. The van der Waals surface area contributed by atoms with Gasteiger partial charge in [-0.05, 0) is 62.3 Å². The predicted octanol–water partition coefficient (Wildman–Crippen LogP) is 2.56. The Kier molecular flexibility index (Phi) is 4.13. The Morgan fingerprint density at radius 2 is 2.05 bits per heavy atom. The van der Waals surface area contributed by atoms with Crippen LogP contribution in [0, 0.1) is 0 Å². The number of hydrogen-bond donors (Lipinski definition) is 2. The van der Waals surface area contributed by atoms with Crippen LogP contribution in [0.1, 0.15) is 37.3 Å². The van der Waals surface area contributed by atoms with Crippen molar-refractivity contribution in [1.82, 2.24) is 10.6 Å². The van der Waals surface area contributed by atoms with Gasteiger partial charge in [-0.15, -0.1) is 0 Å². The molecule has 3 nitrogen and oxygen atoms in total. The Morgan fingerprint density at radius 3 is 2.80 bits per heavy atom. The fourth-order valence-electron chi connectivity index (χ4n) is 2.85. The smallest absolute Gasteiger partial charge is 0.237 e. The van der Waals surface area contributed by atoms with Crippen molar-refractivity contribution in [2.24, 2.45) is 0 Å². The summed E-state index contributed by atoms with van der Waals surface area (Å²) in [4.78, 5) is 12.0. The number of carbonyl (C=O) groups excluding carboxylic acids is 1. The minimum Gasteiger partial charge on any atom is -0.352 e. The Labute approximate surface area is 128 Å². The summed E-state index contributed by atoms with van der Waals surface area (Å²) >= 11 is 3.53. The molecule has 2 unspecified atom stereocenters. The molecule has 2 atom stereocenters. The average Bonchev–Trinajstić information content (AvgIpc) is 3.22. The van der Waals surface area contributed by atoms with Crippen LogP contribution in [0.2, 0.25) is 0 Å². The number of hydrogen-bond acceptors (Lipinski definition) is 2. The first-order valence-electron chi connectivity index (χ1n) is 7.45. The lowest BCUT2D eigenvalue weighted by Crippen LogP contribution is -2.48. The molecular formula is C16H21BrN2O. The van der Waals surface area contributed by atoms with Crippen molar-refractivity contribution in [2.75, 3.05) is 0 Å². The van der Waals surface area contributed by atoms with Crippen LogP contribution in [0.25, 0.3) is 0 Å². The molecule has 2 aliphatic rings. The number of amides is 1. The highest BCUT2D eigenvalue weighted by Crippen LogP contribution is 2.25. The van der Waals surface area contributed by atoms with E-state index in [2.05, 4.69) is 44.8 Å². The van der Waals surface area contributed by atoms with Gasteiger partial charge in [-0.25, -0.2) is 0 Å². The number of halogens is 1. The highest BCUT2D eigenvalue weighted by atomic mass is 79.9. The van der Waals surface area contributed by atoms with Gasteiger partial charge in [-0.3, -0.25) is 4.79 Å². The standard InChI is InChI=1S/C16H21BrN2O/c1-10(16(20)19-14-6-7-14)18-15-5-3-11-8-13(17)4-2-12(11)9-15/h2,4,8,10,14-15,18H,3,5-7,9H2,1H3,(H,19,20). The van der Waals surface area contributed by atoms with E-state index < -0.39 is 0 Å². The number of carbonyl (C=O) groups is 1. The van der Waals surface area contributed by atoms with E-state index in [9.17, 15) is 4.79 Å². The third-order valence-electron chi connectivity index (χ3n) is 4.20. The molecule has 1 amide bonds. The zero-order valence-electron chi connectivity index (χ0n) is 11.8. The van der Waals surface area contributed by atoms with E-state index in [1.54, 1.807) is 0 Å². The number of nitrogens with one attached hydrogen (secondary N) is 2. The molecule has 0 aliphatic heterocycles. The van der Waals surface area contributed by atoms with Gasteiger partial charge in [0.05, 0.1) is 6.04 Å².